The Balaban J connectivity index is 2.42. The van der Waals surface area contributed by atoms with E-state index in [2.05, 4.69) is 6.58 Å². The van der Waals surface area contributed by atoms with Gasteiger partial charge >= 0.3 is 0 Å². The van der Waals surface area contributed by atoms with Gasteiger partial charge in [-0.3, -0.25) is 9.69 Å². The van der Waals surface area contributed by atoms with Crippen molar-refractivity contribution in [2.75, 3.05) is 4.90 Å². The molecule has 2 aromatic rings. The van der Waals surface area contributed by atoms with Crippen molar-refractivity contribution >= 4 is 33.2 Å². The first-order valence-electron chi connectivity index (χ1n) is 6.38. The Labute approximate surface area is 123 Å². The van der Waals surface area contributed by atoms with E-state index in [4.69, 9.17) is 0 Å². The molecule has 0 fully saturated rings. The predicted molar refractivity (Wildman–Crippen MR) is 81.2 cm³/mol. The standard InChI is InChI=1S/C16H13NO3S/c1-3-12-8-9-16-14(10-12)17(11(2)18)13-6-4-5-7-15(13)21(16,19)20/h3-10H,1H2,2H3. The van der Waals surface area contributed by atoms with Crippen LogP contribution in [0.1, 0.15) is 12.5 Å². The number of sulfone groups is 1. The van der Waals surface area contributed by atoms with Crippen LogP contribution in [0.2, 0.25) is 0 Å². The van der Waals surface area contributed by atoms with Gasteiger partial charge < -0.3 is 0 Å². The smallest absolute Gasteiger partial charge is 0.228 e. The molecule has 0 spiro atoms. The normalized spacial score (nSPS) is 15.0. The summed E-state index contributed by atoms with van der Waals surface area (Å²) in [5.41, 5.74) is 1.52. The van der Waals surface area contributed by atoms with Crippen molar-refractivity contribution in [3.63, 3.8) is 0 Å². The molecule has 1 heterocycles. The molecular weight excluding hydrogens is 286 g/mol. The average Bonchev–Trinajstić information content (AvgIpc) is 2.46. The van der Waals surface area contributed by atoms with E-state index in [1.807, 2.05) is 0 Å². The number of amides is 1. The maximum atomic E-state index is 12.7. The SMILES string of the molecule is C=Cc1ccc2c(c1)N(C(C)=O)c1ccccc1S2(=O)=O. The van der Waals surface area contributed by atoms with Crippen molar-refractivity contribution < 1.29 is 13.2 Å². The van der Waals surface area contributed by atoms with Crippen LogP contribution in [-0.4, -0.2) is 14.3 Å². The number of hydrogen-bond acceptors (Lipinski definition) is 3. The van der Waals surface area contributed by atoms with Gasteiger partial charge in [0, 0.05) is 6.92 Å². The van der Waals surface area contributed by atoms with Gasteiger partial charge in [-0.15, -0.1) is 0 Å². The first-order valence-corrected chi connectivity index (χ1v) is 7.86. The molecule has 1 aliphatic rings. The molecule has 0 unspecified atom stereocenters. The topological polar surface area (TPSA) is 54.5 Å². The lowest BCUT2D eigenvalue weighted by molar-refractivity contribution is -0.115. The van der Waals surface area contributed by atoms with E-state index < -0.39 is 9.84 Å². The first-order chi connectivity index (χ1) is 9.96. The van der Waals surface area contributed by atoms with E-state index in [-0.39, 0.29) is 15.7 Å². The Morgan fingerprint density at radius 1 is 1.10 bits per heavy atom. The molecule has 0 N–H and O–H groups in total. The largest absolute Gasteiger partial charge is 0.279 e. The summed E-state index contributed by atoms with van der Waals surface area (Å²) in [6.45, 7) is 5.09. The van der Waals surface area contributed by atoms with Gasteiger partial charge in [-0.2, -0.15) is 0 Å². The molecule has 0 atom stereocenters. The second-order valence-corrected chi connectivity index (χ2v) is 6.64. The van der Waals surface area contributed by atoms with Gasteiger partial charge in [0.15, 0.2) is 0 Å². The third-order valence-electron chi connectivity index (χ3n) is 3.46. The molecule has 0 bridgehead atoms. The van der Waals surface area contributed by atoms with Crippen molar-refractivity contribution in [2.24, 2.45) is 0 Å². The molecule has 106 valence electrons. The van der Waals surface area contributed by atoms with E-state index in [1.165, 1.54) is 24.0 Å². The number of carbonyl (C=O) groups excluding carboxylic acids is 1. The van der Waals surface area contributed by atoms with Crippen molar-refractivity contribution in [3.05, 3.63) is 54.6 Å². The highest BCUT2D eigenvalue weighted by molar-refractivity contribution is 7.92. The van der Waals surface area contributed by atoms with E-state index >= 15 is 0 Å². The van der Waals surface area contributed by atoms with Gasteiger partial charge in [0.2, 0.25) is 15.7 Å². The molecule has 0 aliphatic carbocycles. The van der Waals surface area contributed by atoms with Gasteiger partial charge in [-0.25, -0.2) is 8.42 Å². The molecule has 1 aliphatic heterocycles. The highest BCUT2D eigenvalue weighted by Gasteiger charge is 2.35. The predicted octanol–water partition coefficient (Wildman–Crippen LogP) is 3.16. The maximum absolute atomic E-state index is 12.7. The number of carbonyl (C=O) groups is 1. The van der Waals surface area contributed by atoms with Crippen molar-refractivity contribution in [1.82, 2.24) is 0 Å². The fourth-order valence-corrected chi connectivity index (χ4v) is 4.12. The van der Waals surface area contributed by atoms with Crippen molar-refractivity contribution in [1.29, 1.82) is 0 Å². The van der Waals surface area contributed by atoms with Gasteiger partial charge in [-0.1, -0.05) is 30.9 Å². The molecule has 4 nitrogen and oxygen atoms in total. The summed E-state index contributed by atoms with van der Waals surface area (Å²) < 4.78 is 25.4. The lowest BCUT2D eigenvalue weighted by atomic mass is 10.1. The van der Waals surface area contributed by atoms with Gasteiger partial charge in [0.05, 0.1) is 21.2 Å². The zero-order chi connectivity index (χ0) is 15.2. The van der Waals surface area contributed by atoms with Crippen LogP contribution >= 0.6 is 0 Å². The number of anilines is 2. The minimum absolute atomic E-state index is 0.141. The summed E-state index contributed by atoms with van der Waals surface area (Å²) in [6.07, 6.45) is 1.62. The Hall–Kier alpha value is -2.40. The van der Waals surface area contributed by atoms with Crippen molar-refractivity contribution in [2.45, 2.75) is 16.7 Å². The number of benzene rings is 2. The van der Waals surface area contributed by atoms with Gasteiger partial charge in [-0.05, 0) is 29.8 Å². The minimum Gasteiger partial charge on any atom is -0.279 e. The summed E-state index contributed by atoms with van der Waals surface area (Å²) in [5, 5.41) is 0. The summed E-state index contributed by atoms with van der Waals surface area (Å²) in [4.78, 5) is 13.8. The van der Waals surface area contributed by atoms with Crippen LogP contribution in [0.4, 0.5) is 11.4 Å². The number of para-hydroxylation sites is 1. The third-order valence-corrected chi connectivity index (χ3v) is 5.31. The molecule has 3 rings (SSSR count). The highest BCUT2D eigenvalue weighted by atomic mass is 32.2. The van der Waals surface area contributed by atoms with Crippen LogP contribution in [0, 0.1) is 0 Å². The Morgan fingerprint density at radius 2 is 1.76 bits per heavy atom. The van der Waals surface area contributed by atoms with Crippen LogP contribution in [-0.2, 0) is 14.6 Å². The molecule has 1 amide bonds. The van der Waals surface area contributed by atoms with E-state index in [1.54, 1.807) is 36.4 Å². The molecular formula is C16H13NO3S. The summed E-state index contributed by atoms with van der Waals surface area (Å²) in [5.74, 6) is -0.236. The number of nitrogens with zero attached hydrogens (tertiary/aromatic N) is 1. The van der Waals surface area contributed by atoms with Crippen LogP contribution in [0.5, 0.6) is 0 Å². The summed E-state index contributed by atoms with van der Waals surface area (Å²) in [6, 6.07) is 11.4. The third kappa shape index (κ3) is 1.89. The fourth-order valence-electron chi connectivity index (χ4n) is 2.52. The summed E-state index contributed by atoms with van der Waals surface area (Å²) in [7, 11) is -3.62. The van der Waals surface area contributed by atoms with Crippen LogP contribution in [0.15, 0.2) is 58.8 Å². The van der Waals surface area contributed by atoms with E-state index in [9.17, 15) is 13.2 Å². The minimum atomic E-state index is -3.62. The van der Waals surface area contributed by atoms with Gasteiger partial charge in [0.1, 0.15) is 0 Å². The van der Waals surface area contributed by atoms with E-state index in [0.717, 1.165) is 5.56 Å². The maximum Gasteiger partial charge on any atom is 0.228 e. The van der Waals surface area contributed by atoms with Gasteiger partial charge in [0.25, 0.3) is 0 Å². The number of fused-ring (bicyclic) bond motifs is 2. The molecule has 5 heteroatoms. The quantitative estimate of drug-likeness (QED) is 0.812. The Morgan fingerprint density at radius 3 is 2.43 bits per heavy atom. The molecule has 0 saturated carbocycles. The zero-order valence-corrected chi connectivity index (χ0v) is 12.2. The molecule has 0 radical (unpaired) electrons. The fraction of sp³-hybridized carbons (Fsp3) is 0.0625. The van der Waals surface area contributed by atoms with Crippen LogP contribution in [0.25, 0.3) is 6.08 Å². The van der Waals surface area contributed by atoms with Crippen molar-refractivity contribution in [3.8, 4) is 0 Å². The zero-order valence-electron chi connectivity index (χ0n) is 11.4. The second kappa shape index (κ2) is 4.56. The average molecular weight is 299 g/mol. The molecule has 0 aromatic heterocycles. The molecule has 2 aromatic carbocycles. The highest BCUT2D eigenvalue weighted by Crippen LogP contribution is 2.44. The first kappa shape index (κ1) is 13.6. The van der Waals surface area contributed by atoms with Crippen LogP contribution in [0.3, 0.4) is 0 Å². The molecule has 21 heavy (non-hydrogen) atoms. The number of rotatable bonds is 1. The monoisotopic (exact) mass is 299 g/mol. The Bertz CT molecular complexity index is 869. The lowest BCUT2D eigenvalue weighted by Crippen LogP contribution is -2.29. The Kier molecular flexibility index (Phi) is 2.95. The number of hydrogen-bond donors (Lipinski definition) is 0. The summed E-state index contributed by atoms with van der Waals surface area (Å²) >= 11 is 0. The van der Waals surface area contributed by atoms with Crippen LogP contribution < -0.4 is 4.90 Å². The molecule has 0 saturated heterocycles. The second-order valence-electron chi connectivity index (χ2n) is 4.76. The lowest BCUT2D eigenvalue weighted by Gasteiger charge is -2.30. The van der Waals surface area contributed by atoms with E-state index in [0.29, 0.717) is 11.4 Å².